The van der Waals surface area contributed by atoms with Crippen LogP contribution in [0.4, 0.5) is 17.1 Å². The second kappa shape index (κ2) is 13.5. The fourth-order valence-corrected chi connectivity index (χ4v) is 11.8. The van der Waals surface area contributed by atoms with E-state index in [-0.39, 0.29) is 10.8 Å². The Labute approximate surface area is 369 Å². The van der Waals surface area contributed by atoms with Gasteiger partial charge in [0.2, 0.25) is 0 Å². The van der Waals surface area contributed by atoms with Crippen LogP contribution in [-0.4, -0.2) is 0 Å². The van der Waals surface area contributed by atoms with E-state index in [4.69, 9.17) is 1.37 Å². The van der Waals surface area contributed by atoms with Gasteiger partial charge in [-0.05, 0) is 150 Å². The van der Waals surface area contributed by atoms with E-state index in [1.54, 1.807) is 0 Å². The van der Waals surface area contributed by atoms with Gasteiger partial charge in [-0.1, -0.05) is 187 Å². The molecule has 1 nitrogen and oxygen atoms in total. The molecule has 0 N–H and O–H groups in total. The van der Waals surface area contributed by atoms with Crippen LogP contribution in [0.1, 0.15) is 112 Å². The number of hydrogen-bond acceptors (Lipinski definition) is 1. The number of anilines is 3. The molecule has 4 aliphatic rings. The normalized spacial score (nSPS) is 18.4. The molecule has 1 saturated carbocycles. The van der Waals surface area contributed by atoms with Gasteiger partial charge in [0.25, 0.3) is 0 Å². The molecule has 8 aromatic rings. The lowest BCUT2D eigenvalue weighted by atomic mass is 9.69. The Morgan fingerprint density at radius 3 is 1.55 bits per heavy atom. The molecule has 1 atom stereocenters. The fourth-order valence-electron chi connectivity index (χ4n) is 11.8. The van der Waals surface area contributed by atoms with Crippen LogP contribution >= 0.6 is 0 Å². The lowest BCUT2D eigenvalue weighted by molar-refractivity contribution is 0.588. The third kappa shape index (κ3) is 5.33. The minimum absolute atomic E-state index is 0.000700. The quantitative estimate of drug-likeness (QED) is 0.168. The van der Waals surface area contributed by atoms with Crippen molar-refractivity contribution in [3.63, 3.8) is 0 Å². The number of rotatable bonds is 5. The molecule has 1 unspecified atom stereocenters. The Morgan fingerprint density at radius 1 is 0.452 bits per heavy atom. The Morgan fingerprint density at radius 2 is 0.919 bits per heavy atom. The van der Waals surface area contributed by atoms with E-state index in [1.165, 1.54) is 83.5 Å². The van der Waals surface area contributed by atoms with Crippen LogP contribution in [0.25, 0.3) is 44.5 Å². The summed E-state index contributed by atoms with van der Waals surface area (Å²) in [6, 6.07) is 66.9. The van der Waals surface area contributed by atoms with E-state index in [9.17, 15) is 0 Å². The van der Waals surface area contributed by atoms with Crippen LogP contribution in [0.15, 0.2) is 176 Å². The molecule has 62 heavy (non-hydrogen) atoms. The van der Waals surface area contributed by atoms with Crippen molar-refractivity contribution in [3.05, 3.63) is 220 Å². The monoisotopic (exact) mass is 800 g/mol. The van der Waals surface area contributed by atoms with Gasteiger partial charge in [0.1, 0.15) is 0 Å². The zero-order valence-corrected chi connectivity index (χ0v) is 36.5. The van der Waals surface area contributed by atoms with E-state index in [0.29, 0.717) is 0 Å². The first kappa shape index (κ1) is 36.2. The van der Waals surface area contributed by atoms with Crippen molar-refractivity contribution in [2.45, 2.75) is 82.4 Å². The Kier molecular flexibility index (Phi) is 7.91. The number of benzene rings is 8. The predicted octanol–water partition coefficient (Wildman–Crippen LogP) is 16.4. The van der Waals surface area contributed by atoms with Crippen LogP contribution in [0.2, 0.25) is 0 Å². The average molecular weight is 801 g/mol. The van der Waals surface area contributed by atoms with Crippen LogP contribution < -0.4 is 4.90 Å². The van der Waals surface area contributed by atoms with Gasteiger partial charge in [-0.3, -0.25) is 0 Å². The molecule has 0 amide bonds. The van der Waals surface area contributed by atoms with Crippen LogP contribution in [0, 0.1) is 0 Å². The summed E-state index contributed by atoms with van der Waals surface area (Å²) < 4.78 is 9.08. The summed E-state index contributed by atoms with van der Waals surface area (Å²) in [7, 11) is 0. The molecule has 302 valence electrons. The molecule has 1 fully saturated rings. The maximum absolute atomic E-state index is 9.08. The topological polar surface area (TPSA) is 3.24 Å². The summed E-state index contributed by atoms with van der Waals surface area (Å²) in [5.74, 6) is -0.443. The highest BCUT2D eigenvalue weighted by molar-refractivity contribution is 5.97. The molecule has 0 saturated heterocycles. The fraction of sp³-hybridized carbons (Fsp3) is 0.213. The van der Waals surface area contributed by atoms with E-state index in [0.717, 1.165) is 48.3 Å². The third-order valence-corrected chi connectivity index (χ3v) is 15.0. The average Bonchev–Trinajstić information content (AvgIpc) is 4.03. The summed E-state index contributed by atoms with van der Waals surface area (Å²) in [4.78, 5) is 2.48. The number of fused-ring (bicyclic) bond motifs is 13. The zero-order valence-electron chi connectivity index (χ0n) is 37.5. The molecule has 12 rings (SSSR count). The van der Waals surface area contributed by atoms with Crippen molar-refractivity contribution in [1.29, 1.82) is 0 Å². The third-order valence-electron chi connectivity index (χ3n) is 15.0. The van der Waals surface area contributed by atoms with Gasteiger partial charge in [-0.25, -0.2) is 0 Å². The van der Waals surface area contributed by atoms with Crippen LogP contribution in [0.3, 0.4) is 0 Å². The molecule has 0 heterocycles. The summed E-state index contributed by atoms with van der Waals surface area (Å²) >= 11 is 0. The molecular formula is C61H53N. The highest BCUT2D eigenvalue weighted by Gasteiger charge is 2.52. The molecular weight excluding hydrogens is 747 g/mol. The van der Waals surface area contributed by atoms with Crippen LogP contribution in [-0.2, 0) is 16.2 Å². The first-order valence-electron chi connectivity index (χ1n) is 23.2. The number of hydrogen-bond donors (Lipinski definition) is 0. The summed E-state index contributed by atoms with van der Waals surface area (Å²) in [6.45, 7) is 11.7. The Hall–Kier alpha value is -6.44. The molecule has 1 heteroatoms. The molecule has 8 aromatic carbocycles. The lowest BCUT2D eigenvalue weighted by Gasteiger charge is -2.33. The van der Waals surface area contributed by atoms with Crippen molar-refractivity contribution < 1.29 is 1.37 Å². The number of nitrogens with zero attached hydrogens (tertiary/aromatic N) is 1. The summed E-state index contributed by atoms with van der Waals surface area (Å²) in [6.07, 6.45) is 4.20. The first-order chi connectivity index (χ1) is 30.5. The summed E-state index contributed by atoms with van der Waals surface area (Å²) in [5, 5.41) is 0. The van der Waals surface area contributed by atoms with Gasteiger partial charge in [0, 0.05) is 23.8 Å². The van der Waals surface area contributed by atoms with Crippen molar-refractivity contribution in [3.8, 4) is 44.5 Å². The van der Waals surface area contributed by atoms with Crippen molar-refractivity contribution in [2.24, 2.45) is 0 Å². The van der Waals surface area contributed by atoms with Crippen molar-refractivity contribution in [1.82, 2.24) is 0 Å². The van der Waals surface area contributed by atoms with Gasteiger partial charge < -0.3 is 4.90 Å². The molecule has 0 aliphatic heterocycles. The minimum Gasteiger partial charge on any atom is -0.310 e. The van der Waals surface area contributed by atoms with Gasteiger partial charge in [-0.2, -0.15) is 0 Å². The second-order valence-electron chi connectivity index (χ2n) is 19.8. The predicted molar refractivity (Wildman–Crippen MR) is 260 cm³/mol. The SMILES string of the molecule is [2H]C1(c2ccc(-c3ccc(N(c4ccc5c(c4)-c4ccccc4C5(C)C)c4ccc5c(c4)C4(c6ccccc6-5)c5ccccc5-c5ccc(C(C)(C)C)cc54)cc3)cc2)CCCC1. The first-order valence-corrected chi connectivity index (χ1v) is 22.7. The maximum atomic E-state index is 9.08. The smallest absolute Gasteiger partial charge is 0.0726 e. The van der Waals surface area contributed by atoms with E-state index >= 15 is 0 Å². The molecule has 0 aromatic heterocycles. The largest absolute Gasteiger partial charge is 0.310 e. The van der Waals surface area contributed by atoms with Gasteiger partial charge in [0.15, 0.2) is 0 Å². The molecule has 4 aliphatic carbocycles. The van der Waals surface area contributed by atoms with Crippen molar-refractivity contribution in [2.75, 3.05) is 4.90 Å². The summed E-state index contributed by atoms with van der Waals surface area (Å²) in [5.41, 5.74) is 23.8. The maximum Gasteiger partial charge on any atom is 0.0726 e. The Balaban J connectivity index is 1.06. The minimum atomic E-state index is -0.464. The highest BCUT2D eigenvalue weighted by Crippen LogP contribution is 2.64. The van der Waals surface area contributed by atoms with E-state index in [2.05, 4.69) is 215 Å². The van der Waals surface area contributed by atoms with Crippen molar-refractivity contribution >= 4 is 17.1 Å². The zero-order chi connectivity index (χ0) is 42.9. The molecule has 1 spiro atoms. The second-order valence-corrected chi connectivity index (χ2v) is 19.8. The van der Waals surface area contributed by atoms with E-state index < -0.39 is 11.3 Å². The molecule has 0 bridgehead atoms. The van der Waals surface area contributed by atoms with Crippen LogP contribution in [0.5, 0.6) is 0 Å². The van der Waals surface area contributed by atoms with Gasteiger partial charge >= 0.3 is 0 Å². The van der Waals surface area contributed by atoms with Gasteiger partial charge in [0.05, 0.1) is 5.41 Å². The Bertz CT molecular complexity index is 3120. The van der Waals surface area contributed by atoms with Gasteiger partial charge in [-0.15, -0.1) is 0 Å². The molecule has 0 radical (unpaired) electrons. The van der Waals surface area contributed by atoms with E-state index in [1.807, 2.05) is 0 Å². The lowest BCUT2D eigenvalue weighted by Crippen LogP contribution is -2.27. The highest BCUT2D eigenvalue weighted by atomic mass is 15.1. The standard InChI is InChI=1S/C61H53N/c1-59(2,3)43-28-33-50-47-16-9-12-20-55(47)61(57(50)36-43)56-21-13-10-17-48(56)51-34-31-46(38-58(51)61)62(45-32-35-54-52(37-45)49-18-8-11-19-53(49)60(54,4)5)44-29-26-42(27-30-44)41-24-22-40(23-25-41)39-14-6-7-15-39/h8-13,16-39H,6-7,14-15H2,1-5H3/i39D.